The number of hydrogen-bond acceptors (Lipinski definition) is 4. The lowest BCUT2D eigenvalue weighted by Gasteiger charge is -2.30. The number of benzene rings is 1. The van der Waals surface area contributed by atoms with Crippen LogP contribution in [0, 0.1) is 5.82 Å². The lowest BCUT2D eigenvalue weighted by molar-refractivity contribution is -0.138. The Morgan fingerprint density at radius 1 is 1.25 bits per heavy atom. The maximum absolute atomic E-state index is 13.3. The number of hydrogen-bond donors (Lipinski definition) is 0. The van der Waals surface area contributed by atoms with Crippen molar-refractivity contribution in [3.63, 3.8) is 0 Å². The lowest BCUT2D eigenvalue weighted by atomic mass is 10.2. The van der Waals surface area contributed by atoms with Crippen molar-refractivity contribution in [3.05, 3.63) is 33.9 Å². The number of rotatable bonds is 5. The van der Waals surface area contributed by atoms with Gasteiger partial charge in [-0.1, -0.05) is 11.6 Å². The predicted octanol–water partition coefficient (Wildman–Crippen LogP) is 4.50. The van der Waals surface area contributed by atoms with E-state index in [9.17, 15) is 14.0 Å². The first-order valence-corrected chi connectivity index (χ1v) is 8.77. The monoisotopic (exact) mass is 371 g/mol. The molecule has 0 radical (unpaired) electrons. The third kappa shape index (κ3) is 3.87. The molecule has 0 aliphatic carbocycles. The number of esters is 1. The second kappa shape index (κ2) is 7.49. The summed E-state index contributed by atoms with van der Waals surface area (Å²) in [7, 11) is 0. The van der Waals surface area contributed by atoms with Crippen LogP contribution in [-0.2, 0) is 9.53 Å². The van der Waals surface area contributed by atoms with E-state index in [0.29, 0.717) is 10.1 Å². The third-order valence-corrected chi connectivity index (χ3v) is 5.14. The zero-order valence-corrected chi connectivity index (χ0v) is 15.5. The van der Waals surface area contributed by atoms with E-state index in [1.54, 1.807) is 4.90 Å². The summed E-state index contributed by atoms with van der Waals surface area (Å²) in [4.78, 5) is 26.3. The van der Waals surface area contributed by atoms with Crippen LogP contribution >= 0.6 is 22.9 Å². The summed E-state index contributed by atoms with van der Waals surface area (Å²) in [5.74, 6) is -1.35. The Bertz CT molecular complexity index is 765. The van der Waals surface area contributed by atoms with Crippen LogP contribution in [0.1, 0.15) is 37.4 Å². The standard InChI is InChI=1S/C17H19ClFNO3S/c1-9(2)20(10(3)4)14(21)8-23-17(22)16-15(18)12-6-5-11(19)7-13(12)24-16/h5-7,9-10H,8H2,1-4H3. The van der Waals surface area contributed by atoms with E-state index in [1.165, 1.54) is 18.2 Å². The molecule has 0 saturated heterocycles. The minimum atomic E-state index is -0.678. The van der Waals surface area contributed by atoms with E-state index in [1.807, 2.05) is 27.7 Å². The van der Waals surface area contributed by atoms with Gasteiger partial charge in [0.25, 0.3) is 5.91 Å². The van der Waals surface area contributed by atoms with Gasteiger partial charge in [-0.25, -0.2) is 9.18 Å². The minimum Gasteiger partial charge on any atom is -0.451 e. The summed E-state index contributed by atoms with van der Waals surface area (Å²) >= 11 is 7.22. The van der Waals surface area contributed by atoms with E-state index in [-0.39, 0.29) is 34.5 Å². The van der Waals surface area contributed by atoms with Crippen molar-refractivity contribution in [2.75, 3.05) is 6.61 Å². The molecule has 0 bridgehead atoms. The predicted molar refractivity (Wildman–Crippen MR) is 94.2 cm³/mol. The van der Waals surface area contributed by atoms with Gasteiger partial charge in [0.2, 0.25) is 0 Å². The SMILES string of the molecule is CC(C)N(C(=O)COC(=O)c1sc2cc(F)ccc2c1Cl)C(C)C. The zero-order chi connectivity index (χ0) is 18.0. The molecule has 2 aromatic rings. The maximum Gasteiger partial charge on any atom is 0.350 e. The van der Waals surface area contributed by atoms with Crippen molar-refractivity contribution >= 4 is 44.9 Å². The molecule has 1 heterocycles. The Kier molecular flexibility index (Phi) is 5.83. The molecule has 0 aliphatic heterocycles. The highest BCUT2D eigenvalue weighted by molar-refractivity contribution is 7.21. The van der Waals surface area contributed by atoms with E-state index in [0.717, 1.165) is 11.3 Å². The third-order valence-electron chi connectivity index (χ3n) is 3.50. The average Bonchev–Trinajstić information content (AvgIpc) is 2.80. The highest BCUT2D eigenvalue weighted by Crippen LogP contribution is 2.36. The van der Waals surface area contributed by atoms with Crippen molar-refractivity contribution in [1.29, 1.82) is 0 Å². The molecule has 0 unspecified atom stereocenters. The molecule has 7 heteroatoms. The van der Waals surface area contributed by atoms with Crippen LogP contribution in [-0.4, -0.2) is 35.5 Å². The molecule has 0 N–H and O–H groups in total. The second-order valence-corrected chi connectivity index (χ2v) is 7.38. The normalized spacial score (nSPS) is 11.3. The first-order chi connectivity index (χ1) is 11.2. The number of fused-ring (bicyclic) bond motifs is 1. The molecule has 1 aromatic carbocycles. The lowest BCUT2D eigenvalue weighted by Crippen LogP contribution is -2.44. The largest absolute Gasteiger partial charge is 0.451 e. The average molecular weight is 372 g/mol. The van der Waals surface area contributed by atoms with Crippen LogP contribution in [0.3, 0.4) is 0 Å². The van der Waals surface area contributed by atoms with Crippen molar-refractivity contribution in [2.24, 2.45) is 0 Å². The van der Waals surface area contributed by atoms with Crippen molar-refractivity contribution in [3.8, 4) is 0 Å². The zero-order valence-electron chi connectivity index (χ0n) is 13.9. The maximum atomic E-state index is 13.3. The first kappa shape index (κ1) is 18.7. The van der Waals surface area contributed by atoms with Crippen LogP contribution < -0.4 is 0 Å². The minimum absolute atomic E-state index is 0.00657. The molecule has 0 atom stereocenters. The Morgan fingerprint density at radius 3 is 2.46 bits per heavy atom. The smallest absolute Gasteiger partial charge is 0.350 e. The molecule has 1 amide bonds. The van der Waals surface area contributed by atoms with Crippen LogP contribution in [0.4, 0.5) is 4.39 Å². The molecular formula is C17H19ClFNO3S. The fourth-order valence-corrected chi connectivity index (χ4v) is 4.04. The van der Waals surface area contributed by atoms with Crippen LogP contribution in [0.5, 0.6) is 0 Å². The van der Waals surface area contributed by atoms with E-state index >= 15 is 0 Å². The summed E-state index contributed by atoms with van der Waals surface area (Å²) in [6.07, 6.45) is 0. The molecule has 2 rings (SSSR count). The highest BCUT2D eigenvalue weighted by Gasteiger charge is 2.24. The van der Waals surface area contributed by atoms with E-state index < -0.39 is 11.8 Å². The fourth-order valence-electron chi connectivity index (χ4n) is 2.61. The van der Waals surface area contributed by atoms with Gasteiger partial charge in [-0.05, 0) is 45.9 Å². The van der Waals surface area contributed by atoms with E-state index in [4.69, 9.17) is 16.3 Å². The van der Waals surface area contributed by atoms with Crippen molar-refractivity contribution < 1.29 is 18.7 Å². The van der Waals surface area contributed by atoms with Gasteiger partial charge in [-0.15, -0.1) is 11.3 Å². The highest BCUT2D eigenvalue weighted by atomic mass is 35.5. The number of carbonyl (C=O) groups excluding carboxylic acids is 2. The molecule has 4 nitrogen and oxygen atoms in total. The molecule has 0 aliphatic rings. The van der Waals surface area contributed by atoms with Crippen molar-refractivity contribution in [2.45, 2.75) is 39.8 Å². The van der Waals surface area contributed by atoms with Gasteiger partial charge in [0.05, 0.1) is 5.02 Å². The topological polar surface area (TPSA) is 46.6 Å². The molecule has 0 saturated carbocycles. The first-order valence-electron chi connectivity index (χ1n) is 7.58. The number of ether oxygens (including phenoxy) is 1. The molecule has 0 fully saturated rings. The van der Waals surface area contributed by atoms with Gasteiger partial charge in [-0.3, -0.25) is 4.79 Å². The van der Waals surface area contributed by atoms with Crippen molar-refractivity contribution in [1.82, 2.24) is 4.90 Å². The van der Waals surface area contributed by atoms with Gasteiger partial charge in [0.1, 0.15) is 10.7 Å². The van der Waals surface area contributed by atoms with Crippen LogP contribution in [0.2, 0.25) is 5.02 Å². The number of amides is 1. The Hall–Kier alpha value is -1.66. The van der Waals surface area contributed by atoms with Gasteiger partial charge in [0, 0.05) is 22.2 Å². The van der Waals surface area contributed by atoms with Crippen LogP contribution in [0.15, 0.2) is 18.2 Å². The van der Waals surface area contributed by atoms with Gasteiger partial charge in [-0.2, -0.15) is 0 Å². The molecule has 24 heavy (non-hydrogen) atoms. The number of carbonyl (C=O) groups is 2. The van der Waals surface area contributed by atoms with Gasteiger partial charge in [0.15, 0.2) is 6.61 Å². The Labute approximate surface area is 149 Å². The van der Waals surface area contributed by atoms with E-state index in [2.05, 4.69) is 0 Å². The fraction of sp³-hybridized carbons (Fsp3) is 0.412. The summed E-state index contributed by atoms with van der Waals surface area (Å²) in [6, 6.07) is 4.12. The Morgan fingerprint density at radius 2 is 1.88 bits per heavy atom. The Balaban J connectivity index is 2.13. The summed E-state index contributed by atoms with van der Waals surface area (Å²) < 4.78 is 18.9. The van der Waals surface area contributed by atoms with Gasteiger partial charge >= 0.3 is 5.97 Å². The number of halogens is 2. The molecule has 1 aromatic heterocycles. The van der Waals surface area contributed by atoms with Crippen LogP contribution in [0.25, 0.3) is 10.1 Å². The summed E-state index contributed by atoms with van der Waals surface area (Å²) in [5, 5.41) is 0.810. The molecule has 130 valence electrons. The quantitative estimate of drug-likeness (QED) is 0.727. The van der Waals surface area contributed by atoms with Gasteiger partial charge < -0.3 is 9.64 Å². The molecular weight excluding hydrogens is 353 g/mol. The number of thiophene rings is 1. The number of nitrogens with zero attached hydrogens (tertiary/aromatic N) is 1. The summed E-state index contributed by atoms with van der Waals surface area (Å²) in [5.41, 5.74) is 0. The second-order valence-electron chi connectivity index (χ2n) is 5.95. The molecule has 0 spiro atoms. The summed E-state index contributed by atoms with van der Waals surface area (Å²) in [6.45, 7) is 7.25.